The first-order valence-electron chi connectivity index (χ1n) is 5.44. The zero-order chi connectivity index (χ0) is 12.1. The summed E-state index contributed by atoms with van der Waals surface area (Å²) in [5.41, 5.74) is 1.00. The van der Waals surface area contributed by atoms with Crippen LogP contribution in [0.4, 0.5) is 0 Å². The molecule has 0 spiro atoms. The summed E-state index contributed by atoms with van der Waals surface area (Å²) < 4.78 is 0. The second kappa shape index (κ2) is 5.96. The number of aromatic nitrogens is 1. The van der Waals surface area contributed by atoms with Crippen LogP contribution in [0.3, 0.4) is 0 Å². The number of likely N-dealkylation sites (N-methyl/N-ethyl adjacent to an activating group) is 1. The molecule has 0 fully saturated rings. The summed E-state index contributed by atoms with van der Waals surface area (Å²) in [6.45, 7) is 6.73. The van der Waals surface area contributed by atoms with Crippen molar-refractivity contribution in [3.05, 3.63) is 16.1 Å². The van der Waals surface area contributed by atoms with Gasteiger partial charge in [0.2, 0.25) is 5.91 Å². The molecule has 0 radical (unpaired) electrons. The van der Waals surface area contributed by atoms with Gasteiger partial charge in [-0.25, -0.2) is 4.98 Å². The highest BCUT2D eigenvalue weighted by Crippen LogP contribution is 2.18. The van der Waals surface area contributed by atoms with Crippen LogP contribution in [0.1, 0.15) is 37.4 Å². The third kappa shape index (κ3) is 3.57. The lowest BCUT2D eigenvalue weighted by Gasteiger charge is -2.10. The predicted molar refractivity (Wildman–Crippen MR) is 66.6 cm³/mol. The van der Waals surface area contributed by atoms with E-state index in [1.54, 1.807) is 18.4 Å². The summed E-state index contributed by atoms with van der Waals surface area (Å²) >= 11 is 1.67. The quantitative estimate of drug-likeness (QED) is 0.821. The number of hydrogen-bond donors (Lipinski definition) is 2. The lowest BCUT2D eigenvalue weighted by molar-refractivity contribution is -0.122. The fourth-order valence-electron chi connectivity index (χ4n) is 1.24. The summed E-state index contributed by atoms with van der Waals surface area (Å²) in [5, 5.41) is 8.92. The fraction of sp³-hybridized carbons (Fsp3) is 0.636. The molecule has 0 aliphatic heterocycles. The van der Waals surface area contributed by atoms with Crippen LogP contribution in [0.25, 0.3) is 0 Å². The Balaban J connectivity index is 2.45. The number of amides is 1. The van der Waals surface area contributed by atoms with E-state index in [-0.39, 0.29) is 11.9 Å². The van der Waals surface area contributed by atoms with Crippen molar-refractivity contribution in [3.63, 3.8) is 0 Å². The Hall–Kier alpha value is -0.940. The minimum absolute atomic E-state index is 0.000636. The lowest BCUT2D eigenvalue weighted by atomic mass is 10.2. The van der Waals surface area contributed by atoms with Crippen LogP contribution in [-0.2, 0) is 11.3 Å². The second-order valence-corrected chi connectivity index (χ2v) is 4.94. The van der Waals surface area contributed by atoms with Gasteiger partial charge in [-0.05, 0) is 6.92 Å². The number of thiazole rings is 1. The molecule has 90 valence electrons. The number of carbonyl (C=O) groups is 1. The molecule has 1 amide bonds. The van der Waals surface area contributed by atoms with E-state index < -0.39 is 0 Å². The molecule has 5 heteroatoms. The third-order valence-electron chi connectivity index (χ3n) is 2.29. The third-order valence-corrected chi connectivity index (χ3v) is 3.49. The standard InChI is InChI=1S/C11H19N3OS/c1-7(2)11-14-9(6-16-11)5-13-8(3)10(15)12-4/h6-8,13H,5H2,1-4H3,(H,12,15)/t8-/m1/s1. The van der Waals surface area contributed by atoms with Crippen LogP contribution < -0.4 is 10.6 Å². The SMILES string of the molecule is CNC(=O)[C@@H](C)NCc1csc(C(C)C)n1. The van der Waals surface area contributed by atoms with Crippen LogP contribution in [-0.4, -0.2) is 24.0 Å². The van der Waals surface area contributed by atoms with Gasteiger partial charge in [0.25, 0.3) is 0 Å². The Morgan fingerprint density at radius 1 is 1.50 bits per heavy atom. The number of nitrogens with one attached hydrogen (secondary N) is 2. The molecule has 4 nitrogen and oxygen atoms in total. The van der Waals surface area contributed by atoms with E-state index in [9.17, 15) is 4.79 Å². The smallest absolute Gasteiger partial charge is 0.236 e. The van der Waals surface area contributed by atoms with Crippen molar-refractivity contribution in [2.75, 3.05) is 7.05 Å². The summed E-state index contributed by atoms with van der Waals surface area (Å²) in [5.74, 6) is 0.467. The minimum Gasteiger partial charge on any atom is -0.358 e. The van der Waals surface area contributed by atoms with Gasteiger partial charge < -0.3 is 10.6 Å². The Morgan fingerprint density at radius 3 is 2.69 bits per heavy atom. The predicted octanol–water partition coefficient (Wildman–Crippen LogP) is 1.49. The van der Waals surface area contributed by atoms with Crippen LogP contribution in [0.15, 0.2) is 5.38 Å². The van der Waals surface area contributed by atoms with Crippen LogP contribution >= 0.6 is 11.3 Å². The Kier molecular flexibility index (Phi) is 4.89. The van der Waals surface area contributed by atoms with Crippen LogP contribution in [0, 0.1) is 0 Å². The van der Waals surface area contributed by atoms with E-state index in [1.165, 1.54) is 0 Å². The number of rotatable bonds is 5. The molecular weight excluding hydrogens is 222 g/mol. The number of carbonyl (C=O) groups excluding carboxylic acids is 1. The summed E-state index contributed by atoms with van der Waals surface area (Å²) in [7, 11) is 1.64. The van der Waals surface area contributed by atoms with Gasteiger partial charge in [-0.3, -0.25) is 4.79 Å². The van der Waals surface area contributed by atoms with Gasteiger partial charge in [0.15, 0.2) is 0 Å². The molecule has 1 atom stereocenters. The highest BCUT2D eigenvalue weighted by Gasteiger charge is 2.11. The van der Waals surface area contributed by atoms with Crippen LogP contribution in [0.5, 0.6) is 0 Å². The average molecular weight is 241 g/mol. The molecule has 0 aromatic carbocycles. The second-order valence-electron chi connectivity index (χ2n) is 4.05. The molecule has 16 heavy (non-hydrogen) atoms. The molecule has 1 heterocycles. The highest BCUT2D eigenvalue weighted by molar-refractivity contribution is 7.09. The Bertz CT molecular complexity index is 349. The molecule has 1 aromatic heterocycles. The molecule has 0 aliphatic rings. The molecule has 0 aliphatic carbocycles. The van der Waals surface area contributed by atoms with E-state index in [2.05, 4.69) is 29.5 Å². The summed E-state index contributed by atoms with van der Waals surface area (Å²) in [6, 6.07) is -0.186. The number of hydrogen-bond acceptors (Lipinski definition) is 4. The van der Waals surface area contributed by atoms with Gasteiger partial charge in [-0.2, -0.15) is 0 Å². The fourth-order valence-corrected chi connectivity index (χ4v) is 2.07. The van der Waals surface area contributed by atoms with E-state index in [0.717, 1.165) is 10.7 Å². The first-order valence-corrected chi connectivity index (χ1v) is 6.31. The van der Waals surface area contributed by atoms with Crippen molar-refractivity contribution in [1.29, 1.82) is 0 Å². The van der Waals surface area contributed by atoms with Crippen molar-refractivity contribution < 1.29 is 4.79 Å². The molecule has 0 saturated heterocycles. The highest BCUT2D eigenvalue weighted by atomic mass is 32.1. The van der Waals surface area contributed by atoms with Gasteiger partial charge in [-0.1, -0.05) is 13.8 Å². The van der Waals surface area contributed by atoms with Crippen LogP contribution in [0.2, 0.25) is 0 Å². The minimum atomic E-state index is -0.186. The first-order chi connectivity index (χ1) is 7.54. The lowest BCUT2D eigenvalue weighted by Crippen LogP contribution is -2.40. The van der Waals surface area contributed by atoms with Crippen molar-refractivity contribution in [2.24, 2.45) is 0 Å². The van der Waals surface area contributed by atoms with E-state index >= 15 is 0 Å². The zero-order valence-corrected chi connectivity index (χ0v) is 11.0. The van der Waals surface area contributed by atoms with Crippen molar-refractivity contribution in [1.82, 2.24) is 15.6 Å². The molecule has 1 rings (SSSR count). The van der Waals surface area contributed by atoms with Gasteiger partial charge in [0.1, 0.15) is 0 Å². The van der Waals surface area contributed by atoms with Crippen molar-refractivity contribution in [3.8, 4) is 0 Å². The van der Waals surface area contributed by atoms with Crippen molar-refractivity contribution in [2.45, 2.75) is 39.3 Å². The van der Waals surface area contributed by atoms with Crippen molar-refractivity contribution >= 4 is 17.2 Å². The molecule has 0 saturated carbocycles. The normalized spacial score (nSPS) is 12.8. The van der Waals surface area contributed by atoms with Gasteiger partial charge in [-0.15, -0.1) is 11.3 Å². The maximum Gasteiger partial charge on any atom is 0.236 e. The van der Waals surface area contributed by atoms with Gasteiger partial charge in [0.05, 0.1) is 16.7 Å². The van der Waals surface area contributed by atoms with E-state index in [0.29, 0.717) is 12.5 Å². The monoisotopic (exact) mass is 241 g/mol. The topological polar surface area (TPSA) is 54.0 Å². The molecular formula is C11H19N3OS. The van der Waals surface area contributed by atoms with E-state index in [1.807, 2.05) is 12.3 Å². The zero-order valence-electron chi connectivity index (χ0n) is 10.2. The van der Waals surface area contributed by atoms with E-state index in [4.69, 9.17) is 0 Å². The summed E-state index contributed by atoms with van der Waals surface area (Å²) in [4.78, 5) is 15.7. The largest absolute Gasteiger partial charge is 0.358 e. The first kappa shape index (κ1) is 13.1. The number of nitrogens with zero attached hydrogens (tertiary/aromatic N) is 1. The molecule has 0 bridgehead atoms. The Labute approximate surface area is 100 Å². The molecule has 2 N–H and O–H groups in total. The van der Waals surface area contributed by atoms with Gasteiger partial charge >= 0.3 is 0 Å². The molecule has 0 unspecified atom stereocenters. The molecule has 1 aromatic rings. The maximum atomic E-state index is 11.3. The maximum absolute atomic E-state index is 11.3. The van der Waals surface area contributed by atoms with Gasteiger partial charge in [0, 0.05) is 24.9 Å². The average Bonchev–Trinajstić information content (AvgIpc) is 2.73. The Morgan fingerprint density at radius 2 is 2.19 bits per heavy atom. The summed E-state index contributed by atoms with van der Waals surface area (Å²) in [6.07, 6.45) is 0.